The molecule has 2 aromatic carbocycles. The first-order valence-electron chi connectivity index (χ1n) is 8.62. The molecule has 0 saturated carbocycles. The number of rotatable bonds is 7. The van der Waals surface area contributed by atoms with Crippen LogP contribution in [-0.4, -0.2) is 33.4 Å². The van der Waals surface area contributed by atoms with E-state index in [4.69, 9.17) is 20.5 Å². The minimum absolute atomic E-state index is 0.138. The maximum atomic E-state index is 14.2. The van der Waals surface area contributed by atoms with Crippen LogP contribution in [0.1, 0.15) is 11.1 Å². The topological polar surface area (TPSA) is 67.9 Å². The second-order valence-electron chi connectivity index (χ2n) is 6.44. The number of nitrogens with zero attached hydrogens (tertiary/aromatic N) is 1. The van der Waals surface area contributed by atoms with Crippen LogP contribution in [0.4, 0.5) is 4.39 Å². The van der Waals surface area contributed by atoms with E-state index in [0.29, 0.717) is 28.4 Å². The van der Waals surface area contributed by atoms with Crippen LogP contribution in [0.2, 0.25) is 5.02 Å². The molecule has 0 aliphatic carbocycles. The van der Waals surface area contributed by atoms with Crippen molar-refractivity contribution < 1.29 is 21.7 Å². The summed E-state index contributed by atoms with van der Waals surface area (Å²) in [6.45, 7) is 0.329. The van der Waals surface area contributed by atoms with Crippen LogP contribution < -0.4 is 10.2 Å². The van der Waals surface area contributed by atoms with Crippen LogP contribution in [0.5, 0.6) is 5.75 Å². The number of halogens is 2. The number of nitrogens with one attached hydrogen (secondary N) is 1. The van der Waals surface area contributed by atoms with E-state index in [-0.39, 0.29) is 12.4 Å². The second kappa shape index (κ2) is 8.86. The van der Waals surface area contributed by atoms with Crippen LogP contribution in [0.15, 0.2) is 60.3 Å². The Hall–Kier alpha value is -2.55. The highest BCUT2D eigenvalue weighted by Gasteiger charge is 2.16. The molecule has 0 saturated heterocycles. The third-order valence-corrected chi connectivity index (χ3v) is 4.88. The molecule has 2 aromatic rings. The Labute approximate surface area is 174 Å². The predicted molar refractivity (Wildman–Crippen MR) is 110 cm³/mol. The molecule has 154 valence electrons. The van der Waals surface area contributed by atoms with Gasteiger partial charge in [0.2, 0.25) is 0 Å². The van der Waals surface area contributed by atoms with Gasteiger partial charge in [0, 0.05) is 16.8 Å². The van der Waals surface area contributed by atoms with Crippen molar-refractivity contribution in [1.82, 2.24) is 10.4 Å². The molecule has 0 aromatic heterocycles. The van der Waals surface area contributed by atoms with Crippen molar-refractivity contribution in [2.75, 3.05) is 20.0 Å². The summed E-state index contributed by atoms with van der Waals surface area (Å²) in [6.07, 6.45) is 4.44. The summed E-state index contributed by atoms with van der Waals surface area (Å²) >= 11 is 5.93. The van der Waals surface area contributed by atoms with Gasteiger partial charge in [-0.2, -0.15) is 8.42 Å². The third kappa shape index (κ3) is 5.96. The molecule has 0 radical (unpaired) electrons. The molecule has 0 amide bonds. The van der Waals surface area contributed by atoms with Gasteiger partial charge in [0.25, 0.3) is 10.1 Å². The van der Waals surface area contributed by atoms with E-state index in [0.717, 1.165) is 11.8 Å². The van der Waals surface area contributed by atoms with Crippen molar-refractivity contribution in [3.8, 4) is 5.75 Å². The second-order valence-corrected chi connectivity index (χ2v) is 8.52. The zero-order valence-electron chi connectivity index (χ0n) is 15.9. The molecular weight excluding hydrogens is 419 g/mol. The summed E-state index contributed by atoms with van der Waals surface area (Å²) in [7, 11) is -2.21. The molecule has 3 rings (SSSR count). The van der Waals surface area contributed by atoms with Crippen molar-refractivity contribution in [3.63, 3.8) is 0 Å². The van der Waals surface area contributed by atoms with Crippen LogP contribution in [0.25, 0.3) is 5.70 Å². The summed E-state index contributed by atoms with van der Waals surface area (Å²) in [5.74, 6) is -0.361. The zero-order valence-corrected chi connectivity index (χ0v) is 17.4. The minimum atomic E-state index is -3.60. The lowest BCUT2D eigenvalue weighted by molar-refractivity contribution is 0.299. The van der Waals surface area contributed by atoms with E-state index >= 15 is 0 Å². The Balaban J connectivity index is 1.88. The van der Waals surface area contributed by atoms with E-state index in [1.54, 1.807) is 35.5 Å². The SMILES string of the molecule is COc1ccc(C2=CC(COS(C)(=O)=O)=CN(Cc3ccc(Cl)cc3)N2)cc1F. The van der Waals surface area contributed by atoms with Gasteiger partial charge in [0.15, 0.2) is 11.6 Å². The Bertz CT molecular complexity index is 1050. The predicted octanol–water partition coefficient (Wildman–Crippen LogP) is 3.71. The number of ether oxygens (including phenoxy) is 1. The van der Waals surface area contributed by atoms with E-state index < -0.39 is 15.9 Å². The lowest BCUT2D eigenvalue weighted by atomic mass is 10.1. The summed E-state index contributed by atoms with van der Waals surface area (Å²) in [5, 5.41) is 2.40. The highest BCUT2D eigenvalue weighted by molar-refractivity contribution is 7.86. The highest BCUT2D eigenvalue weighted by atomic mass is 35.5. The first kappa shape index (κ1) is 21.2. The summed E-state index contributed by atoms with van der Waals surface area (Å²) in [6, 6.07) is 11.9. The Kier molecular flexibility index (Phi) is 6.46. The van der Waals surface area contributed by atoms with Gasteiger partial charge in [0.1, 0.15) is 0 Å². The maximum Gasteiger partial charge on any atom is 0.264 e. The molecule has 0 bridgehead atoms. The molecular formula is C20H20ClFN2O4S. The van der Waals surface area contributed by atoms with Gasteiger partial charge < -0.3 is 4.74 Å². The van der Waals surface area contributed by atoms with E-state index in [1.165, 1.54) is 19.2 Å². The molecule has 29 heavy (non-hydrogen) atoms. The molecule has 1 heterocycles. The van der Waals surface area contributed by atoms with Gasteiger partial charge in [0.05, 0.1) is 32.2 Å². The number of hydrogen-bond acceptors (Lipinski definition) is 6. The molecule has 9 heteroatoms. The molecule has 1 N–H and O–H groups in total. The smallest absolute Gasteiger partial charge is 0.264 e. The van der Waals surface area contributed by atoms with Gasteiger partial charge in [-0.05, 0) is 47.5 Å². The monoisotopic (exact) mass is 438 g/mol. The Morgan fingerprint density at radius 2 is 1.90 bits per heavy atom. The quantitative estimate of drug-likeness (QED) is 0.665. The normalized spacial score (nSPS) is 14.1. The molecule has 1 aliphatic rings. The Morgan fingerprint density at radius 3 is 2.52 bits per heavy atom. The molecule has 0 atom stereocenters. The average Bonchev–Trinajstić information content (AvgIpc) is 2.67. The fraction of sp³-hybridized carbons (Fsp3) is 0.200. The van der Waals surface area contributed by atoms with Crippen molar-refractivity contribution in [1.29, 1.82) is 0 Å². The van der Waals surface area contributed by atoms with E-state index in [1.807, 2.05) is 12.1 Å². The van der Waals surface area contributed by atoms with Gasteiger partial charge >= 0.3 is 0 Å². The molecule has 6 nitrogen and oxygen atoms in total. The number of methoxy groups -OCH3 is 1. The van der Waals surface area contributed by atoms with Crippen LogP contribution in [-0.2, 0) is 20.8 Å². The lowest BCUT2D eigenvalue weighted by Crippen LogP contribution is -2.34. The van der Waals surface area contributed by atoms with Crippen molar-refractivity contribution in [2.45, 2.75) is 6.54 Å². The van der Waals surface area contributed by atoms with Crippen molar-refractivity contribution in [2.24, 2.45) is 0 Å². The number of benzene rings is 2. The Morgan fingerprint density at radius 1 is 1.17 bits per heavy atom. The first-order chi connectivity index (χ1) is 13.7. The third-order valence-electron chi connectivity index (χ3n) is 4.08. The van der Waals surface area contributed by atoms with Crippen LogP contribution in [0.3, 0.4) is 0 Å². The van der Waals surface area contributed by atoms with E-state index in [2.05, 4.69) is 5.43 Å². The maximum absolute atomic E-state index is 14.2. The van der Waals surface area contributed by atoms with Crippen LogP contribution in [0, 0.1) is 5.82 Å². The molecule has 0 spiro atoms. The minimum Gasteiger partial charge on any atom is -0.494 e. The standard InChI is InChI=1S/C20H20ClFN2O4S/c1-27-20-8-5-16(10-18(20)22)19-9-15(13-28-29(2,25)26)12-24(23-19)11-14-3-6-17(21)7-4-14/h3-10,12,23H,11,13H2,1-2H3. The number of hydrazine groups is 1. The van der Waals surface area contributed by atoms with Crippen molar-refractivity contribution in [3.05, 3.63) is 82.3 Å². The summed E-state index contributed by atoms with van der Waals surface area (Å²) in [5.41, 5.74) is 5.95. The highest BCUT2D eigenvalue weighted by Crippen LogP contribution is 2.25. The largest absolute Gasteiger partial charge is 0.494 e. The van der Waals surface area contributed by atoms with Gasteiger partial charge in [-0.1, -0.05) is 23.7 Å². The zero-order chi connectivity index (χ0) is 21.0. The van der Waals surface area contributed by atoms with Crippen molar-refractivity contribution >= 4 is 27.4 Å². The molecule has 0 fully saturated rings. The van der Waals surface area contributed by atoms with Gasteiger partial charge in [-0.25, -0.2) is 4.39 Å². The lowest BCUT2D eigenvalue weighted by Gasteiger charge is -2.29. The summed E-state index contributed by atoms with van der Waals surface area (Å²) < 4.78 is 46.8. The summed E-state index contributed by atoms with van der Waals surface area (Å²) in [4.78, 5) is 0. The number of hydrogen-bond donors (Lipinski definition) is 1. The molecule has 1 aliphatic heterocycles. The molecule has 0 unspecified atom stereocenters. The van der Waals surface area contributed by atoms with Gasteiger partial charge in [-0.3, -0.25) is 14.6 Å². The van der Waals surface area contributed by atoms with Crippen LogP contribution >= 0.6 is 11.6 Å². The average molecular weight is 439 g/mol. The first-order valence-corrected chi connectivity index (χ1v) is 10.8. The fourth-order valence-electron chi connectivity index (χ4n) is 2.75. The van der Waals surface area contributed by atoms with Gasteiger partial charge in [-0.15, -0.1) is 0 Å². The fourth-order valence-corrected chi connectivity index (χ4v) is 3.23. The van der Waals surface area contributed by atoms with E-state index in [9.17, 15) is 12.8 Å².